The van der Waals surface area contributed by atoms with Gasteiger partial charge in [-0.25, -0.2) is 9.97 Å². The van der Waals surface area contributed by atoms with Crippen LogP contribution in [0.15, 0.2) is 9.32 Å². The lowest BCUT2D eigenvalue weighted by molar-refractivity contribution is 0.421. The minimum absolute atomic E-state index is 0.198. The Bertz CT molecular complexity index is 905. The molecule has 1 atom stereocenters. The second kappa shape index (κ2) is 4.96. The van der Waals surface area contributed by atoms with Crippen molar-refractivity contribution in [1.82, 2.24) is 30.0 Å². The molecule has 1 aliphatic heterocycles. The predicted molar refractivity (Wildman–Crippen MR) is 80.7 cm³/mol. The maximum absolute atomic E-state index is 12.5. The fourth-order valence-corrected chi connectivity index (χ4v) is 3.63. The zero-order valence-electron chi connectivity index (χ0n) is 12.2. The highest BCUT2D eigenvalue weighted by Gasteiger charge is 2.23. The molecule has 8 nitrogen and oxygen atoms in total. The van der Waals surface area contributed by atoms with Gasteiger partial charge >= 0.3 is 0 Å². The summed E-state index contributed by atoms with van der Waals surface area (Å²) in [7, 11) is 1.64. The van der Waals surface area contributed by atoms with Crippen LogP contribution in [0.3, 0.4) is 0 Å². The molecule has 1 aliphatic rings. The highest BCUT2D eigenvalue weighted by Crippen LogP contribution is 2.29. The number of nitrogens with one attached hydrogen (secondary N) is 1. The Kier molecular flexibility index (Phi) is 3.05. The number of aryl methyl sites for hydroxylation is 1. The van der Waals surface area contributed by atoms with Crippen LogP contribution in [0, 0.1) is 6.92 Å². The Labute approximate surface area is 129 Å². The molecule has 3 aromatic heterocycles. The number of aromatic nitrogens is 5. The molecule has 1 saturated heterocycles. The molecule has 4 heterocycles. The first-order chi connectivity index (χ1) is 10.6. The molecule has 9 heteroatoms. The maximum Gasteiger partial charge on any atom is 0.294 e. The molecule has 1 N–H and O–H groups in total. The van der Waals surface area contributed by atoms with E-state index in [1.54, 1.807) is 14.0 Å². The third-order valence-electron chi connectivity index (χ3n) is 3.74. The van der Waals surface area contributed by atoms with Crippen molar-refractivity contribution in [2.24, 2.45) is 7.05 Å². The summed E-state index contributed by atoms with van der Waals surface area (Å²) in [5.41, 5.74) is 0.201. The first-order valence-corrected chi connectivity index (χ1v) is 7.86. The lowest BCUT2D eigenvalue weighted by Gasteiger charge is -2.03. The Hall–Kier alpha value is -2.13. The Morgan fingerprint density at radius 1 is 1.36 bits per heavy atom. The minimum Gasteiger partial charge on any atom is -0.331 e. The van der Waals surface area contributed by atoms with Crippen LogP contribution in [0.2, 0.25) is 0 Å². The van der Waals surface area contributed by atoms with E-state index in [1.165, 1.54) is 15.9 Å². The van der Waals surface area contributed by atoms with Crippen molar-refractivity contribution in [2.45, 2.75) is 25.8 Å². The molecule has 0 unspecified atom stereocenters. The highest BCUT2D eigenvalue weighted by molar-refractivity contribution is 7.18. The van der Waals surface area contributed by atoms with Crippen LogP contribution in [0.1, 0.15) is 29.7 Å². The molecule has 1 fully saturated rings. The largest absolute Gasteiger partial charge is 0.331 e. The summed E-state index contributed by atoms with van der Waals surface area (Å²) in [4.78, 5) is 26.3. The average Bonchev–Trinajstić information content (AvgIpc) is 3.21. The second-order valence-corrected chi connectivity index (χ2v) is 6.31. The molecule has 0 spiro atoms. The summed E-state index contributed by atoms with van der Waals surface area (Å²) < 4.78 is 6.53. The quantitative estimate of drug-likeness (QED) is 0.757. The first kappa shape index (κ1) is 13.5. The van der Waals surface area contributed by atoms with E-state index in [9.17, 15) is 4.79 Å². The number of rotatable bonds is 2. The third kappa shape index (κ3) is 2.04. The lowest BCUT2D eigenvalue weighted by Crippen LogP contribution is -2.20. The van der Waals surface area contributed by atoms with Gasteiger partial charge in [0.05, 0.1) is 6.04 Å². The maximum atomic E-state index is 12.5. The first-order valence-electron chi connectivity index (χ1n) is 7.05. The van der Waals surface area contributed by atoms with Gasteiger partial charge in [0, 0.05) is 7.05 Å². The van der Waals surface area contributed by atoms with Gasteiger partial charge in [-0.3, -0.25) is 9.36 Å². The third-order valence-corrected chi connectivity index (χ3v) is 4.80. The topological polar surface area (TPSA) is 98.7 Å². The van der Waals surface area contributed by atoms with Gasteiger partial charge in [0.1, 0.15) is 5.01 Å². The van der Waals surface area contributed by atoms with Gasteiger partial charge in [-0.2, -0.15) is 4.98 Å². The van der Waals surface area contributed by atoms with Crippen molar-refractivity contribution >= 4 is 21.7 Å². The van der Waals surface area contributed by atoms with E-state index in [4.69, 9.17) is 4.52 Å². The van der Waals surface area contributed by atoms with Crippen LogP contribution in [0.4, 0.5) is 0 Å². The molecule has 0 amide bonds. The number of thiazole rings is 1. The molecular weight excluding hydrogens is 304 g/mol. The fraction of sp³-hybridized carbons (Fsp3) is 0.462. The molecule has 0 bridgehead atoms. The van der Waals surface area contributed by atoms with Gasteiger partial charge in [-0.15, -0.1) is 0 Å². The van der Waals surface area contributed by atoms with E-state index in [-0.39, 0.29) is 17.5 Å². The van der Waals surface area contributed by atoms with Gasteiger partial charge in [0.15, 0.2) is 16.2 Å². The Morgan fingerprint density at radius 3 is 2.91 bits per heavy atom. The van der Waals surface area contributed by atoms with Crippen LogP contribution >= 0.6 is 11.3 Å². The van der Waals surface area contributed by atoms with E-state index in [0.29, 0.717) is 22.0 Å². The van der Waals surface area contributed by atoms with Gasteiger partial charge < -0.3 is 9.84 Å². The summed E-state index contributed by atoms with van der Waals surface area (Å²) in [6, 6.07) is 0.220. The number of fused-ring (bicyclic) bond motifs is 1. The van der Waals surface area contributed by atoms with E-state index < -0.39 is 0 Å². The van der Waals surface area contributed by atoms with Gasteiger partial charge in [-0.1, -0.05) is 16.5 Å². The molecule has 0 radical (unpaired) electrons. The van der Waals surface area contributed by atoms with Gasteiger partial charge in [0.25, 0.3) is 11.4 Å². The molecule has 22 heavy (non-hydrogen) atoms. The van der Waals surface area contributed by atoms with Gasteiger partial charge in [0.2, 0.25) is 5.82 Å². The van der Waals surface area contributed by atoms with Crippen molar-refractivity contribution < 1.29 is 4.52 Å². The Morgan fingerprint density at radius 2 is 2.23 bits per heavy atom. The molecule has 0 aromatic carbocycles. The molecule has 0 aliphatic carbocycles. The van der Waals surface area contributed by atoms with Crippen molar-refractivity contribution in [3.05, 3.63) is 21.2 Å². The summed E-state index contributed by atoms with van der Waals surface area (Å²) in [5.74, 6) is 1.12. The lowest BCUT2D eigenvalue weighted by atomic mass is 10.2. The smallest absolute Gasteiger partial charge is 0.294 e. The summed E-state index contributed by atoms with van der Waals surface area (Å²) in [5, 5.41) is 8.05. The molecule has 0 saturated carbocycles. The Balaban J connectivity index is 1.89. The molecular formula is C13H14N6O2S. The van der Waals surface area contributed by atoms with Crippen molar-refractivity contribution in [1.29, 1.82) is 0 Å². The van der Waals surface area contributed by atoms with Crippen molar-refractivity contribution in [3.63, 3.8) is 0 Å². The van der Waals surface area contributed by atoms with Crippen LogP contribution in [0.25, 0.3) is 22.1 Å². The summed E-state index contributed by atoms with van der Waals surface area (Å²) in [6.07, 6.45) is 2.16. The normalized spacial score (nSPS) is 18.4. The van der Waals surface area contributed by atoms with Crippen molar-refractivity contribution in [2.75, 3.05) is 6.54 Å². The van der Waals surface area contributed by atoms with E-state index in [2.05, 4.69) is 25.4 Å². The van der Waals surface area contributed by atoms with Crippen LogP contribution in [0.5, 0.6) is 0 Å². The van der Waals surface area contributed by atoms with E-state index >= 15 is 0 Å². The monoisotopic (exact) mass is 318 g/mol. The average molecular weight is 318 g/mol. The second-order valence-electron chi connectivity index (χ2n) is 5.30. The number of hydrogen-bond donors (Lipinski definition) is 1. The molecule has 114 valence electrons. The van der Waals surface area contributed by atoms with Crippen LogP contribution < -0.4 is 10.9 Å². The minimum atomic E-state index is -0.198. The van der Waals surface area contributed by atoms with Crippen molar-refractivity contribution in [3.8, 4) is 11.7 Å². The van der Waals surface area contributed by atoms with Crippen LogP contribution in [-0.4, -0.2) is 31.2 Å². The predicted octanol–water partition coefficient (Wildman–Crippen LogP) is 1.17. The number of hydrogen-bond acceptors (Lipinski definition) is 8. The van der Waals surface area contributed by atoms with E-state index in [0.717, 1.165) is 24.4 Å². The SMILES string of the molecule is Cc1noc(-c2nc3sc([C@H]4CCCN4)nc3c(=O)n2C)n1. The number of nitrogens with zero attached hydrogens (tertiary/aromatic N) is 5. The zero-order chi connectivity index (χ0) is 15.3. The summed E-state index contributed by atoms with van der Waals surface area (Å²) >= 11 is 1.45. The van der Waals surface area contributed by atoms with E-state index in [1.807, 2.05) is 0 Å². The fourth-order valence-electron chi connectivity index (χ4n) is 2.59. The summed E-state index contributed by atoms with van der Waals surface area (Å²) in [6.45, 7) is 2.71. The standard InChI is InChI=1S/C13H14N6O2S/c1-6-15-10(21-18-6)9-17-12-8(13(20)19(9)2)16-11(22-12)7-4-3-5-14-7/h7,14H,3-5H2,1-2H3/t7-/m1/s1. The van der Waals surface area contributed by atoms with Gasteiger partial charge in [-0.05, 0) is 26.3 Å². The highest BCUT2D eigenvalue weighted by atomic mass is 32.1. The zero-order valence-corrected chi connectivity index (χ0v) is 13.0. The van der Waals surface area contributed by atoms with Crippen LogP contribution in [-0.2, 0) is 7.05 Å². The molecule has 3 aromatic rings. The molecule has 4 rings (SSSR count).